The Bertz CT molecular complexity index is 1590. The largest absolute Gasteiger partial charge is 0.495 e. The fourth-order valence-corrected chi connectivity index (χ4v) is 4.58. The molecule has 0 aliphatic carbocycles. The van der Waals surface area contributed by atoms with E-state index in [0.29, 0.717) is 27.2 Å². The van der Waals surface area contributed by atoms with Crippen LogP contribution >= 0.6 is 15.9 Å². The molecule has 0 saturated heterocycles. The molecule has 0 saturated carbocycles. The summed E-state index contributed by atoms with van der Waals surface area (Å²) in [7, 11) is 5.35. The summed E-state index contributed by atoms with van der Waals surface area (Å²) in [4.78, 5) is 38.5. The number of para-hydroxylation sites is 3. The molecule has 0 fully saturated rings. The summed E-state index contributed by atoms with van der Waals surface area (Å²) < 4.78 is 28.3. The highest BCUT2D eigenvalue weighted by Gasteiger charge is 2.32. The summed E-state index contributed by atoms with van der Waals surface area (Å²) in [5.41, 5.74) is 1.36. The second-order valence-electron chi connectivity index (χ2n) is 8.33. The molecule has 11 nitrogen and oxygen atoms in total. The smallest absolute Gasteiger partial charge is 0.357 e. The maximum atomic E-state index is 13.0. The quantitative estimate of drug-likeness (QED) is 0.245. The SMILES string of the molecule is COC(=O)c1c(-c2cc(Br)c(OCC(=O)Nc3ccccc3OC)c(OC)c2)nn(-c2ccccc2)c1C(=O)OC. The number of carbonyl (C=O) groups excluding carboxylic acids is 3. The first-order valence-electron chi connectivity index (χ1n) is 12.1. The average molecular weight is 624 g/mol. The first-order valence-corrected chi connectivity index (χ1v) is 12.9. The molecule has 1 aromatic heterocycles. The maximum absolute atomic E-state index is 13.0. The van der Waals surface area contributed by atoms with Gasteiger partial charge >= 0.3 is 11.9 Å². The van der Waals surface area contributed by atoms with Crippen LogP contribution in [0.15, 0.2) is 71.2 Å². The Morgan fingerprint density at radius 2 is 1.51 bits per heavy atom. The highest BCUT2D eigenvalue weighted by atomic mass is 79.9. The highest BCUT2D eigenvalue weighted by molar-refractivity contribution is 9.10. The Morgan fingerprint density at radius 1 is 0.854 bits per heavy atom. The number of halogens is 1. The molecule has 0 unspecified atom stereocenters. The van der Waals surface area contributed by atoms with Crippen LogP contribution in [-0.2, 0) is 14.3 Å². The normalized spacial score (nSPS) is 10.5. The van der Waals surface area contributed by atoms with Crippen molar-refractivity contribution in [3.05, 3.63) is 82.5 Å². The lowest BCUT2D eigenvalue weighted by atomic mass is 10.0. The minimum absolute atomic E-state index is 0.0954. The standard InChI is InChI=1S/C29H26BrN3O8/c1-37-21-13-9-8-12-20(21)31-23(34)16-41-27-19(30)14-17(15-22(27)38-2)25-24(28(35)39-3)26(29(36)40-4)33(32-25)18-10-6-5-7-11-18/h5-15H,16H2,1-4H3,(H,31,34). The van der Waals surface area contributed by atoms with Crippen molar-refractivity contribution in [2.75, 3.05) is 40.4 Å². The Hall–Kier alpha value is -4.84. The van der Waals surface area contributed by atoms with Gasteiger partial charge in [0.1, 0.15) is 17.0 Å². The van der Waals surface area contributed by atoms with Gasteiger partial charge in [0.2, 0.25) is 0 Å². The Morgan fingerprint density at radius 3 is 2.17 bits per heavy atom. The van der Waals surface area contributed by atoms with Crippen LogP contribution in [-0.4, -0.2) is 62.7 Å². The number of hydrogen-bond acceptors (Lipinski definition) is 9. The Kier molecular flexibility index (Phi) is 9.25. The molecule has 12 heteroatoms. The molecule has 212 valence electrons. The van der Waals surface area contributed by atoms with E-state index in [1.165, 1.54) is 33.1 Å². The summed E-state index contributed by atoms with van der Waals surface area (Å²) >= 11 is 3.47. The maximum Gasteiger partial charge on any atom is 0.357 e. The number of nitrogens with one attached hydrogen (secondary N) is 1. The van der Waals surface area contributed by atoms with Gasteiger partial charge in [0, 0.05) is 5.56 Å². The van der Waals surface area contributed by atoms with E-state index in [-0.39, 0.29) is 35.1 Å². The molecular weight excluding hydrogens is 598 g/mol. The van der Waals surface area contributed by atoms with Gasteiger partial charge in [-0.3, -0.25) is 4.79 Å². The second-order valence-corrected chi connectivity index (χ2v) is 9.18. The van der Waals surface area contributed by atoms with Gasteiger partial charge in [-0.1, -0.05) is 30.3 Å². The van der Waals surface area contributed by atoms with E-state index in [4.69, 9.17) is 23.7 Å². The number of hydrogen-bond donors (Lipinski definition) is 1. The van der Waals surface area contributed by atoms with E-state index < -0.39 is 17.8 Å². The van der Waals surface area contributed by atoms with Gasteiger partial charge in [-0.2, -0.15) is 5.10 Å². The molecule has 1 N–H and O–H groups in total. The van der Waals surface area contributed by atoms with Crippen LogP contribution in [0.25, 0.3) is 16.9 Å². The number of benzene rings is 3. The minimum atomic E-state index is -0.786. The van der Waals surface area contributed by atoms with E-state index in [1.54, 1.807) is 60.7 Å². The van der Waals surface area contributed by atoms with E-state index in [9.17, 15) is 14.4 Å². The van der Waals surface area contributed by atoms with Crippen molar-refractivity contribution in [3.8, 4) is 34.2 Å². The van der Waals surface area contributed by atoms with Crippen LogP contribution in [0, 0.1) is 0 Å². The summed E-state index contributed by atoms with van der Waals surface area (Å²) in [5.74, 6) is -1.01. The minimum Gasteiger partial charge on any atom is -0.495 e. The van der Waals surface area contributed by atoms with Crippen molar-refractivity contribution < 1.29 is 38.1 Å². The zero-order valence-electron chi connectivity index (χ0n) is 22.6. The lowest BCUT2D eigenvalue weighted by molar-refractivity contribution is -0.118. The highest BCUT2D eigenvalue weighted by Crippen LogP contribution is 2.41. The summed E-state index contributed by atoms with van der Waals surface area (Å²) in [6.45, 7) is -0.338. The molecule has 3 aromatic carbocycles. The van der Waals surface area contributed by atoms with Gasteiger partial charge in [-0.15, -0.1) is 0 Å². The van der Waals surface area contributed by atoms with Crippen molar-refractivity contribution >= 4 is 39.5 Å². The van der Waals surface area contributed by atoms with Gasteiger partial charge in [0.05, 0.1) is 44.3 Å². The fourth-order valence-electron chi connectivity index (χ4n) is 4.03. The number of methoxy groups -OCH3 is 4. The number of aromatic nitrogens is 2. The van der Waals surface area contributed by atoms with Gasteiger partial charge < -0.3 is 29.0 Å². The lowest BCUT2D eigenvalue weighted by Crippen LogP contribution is -2.20. The third kappa shape index (κ3) is 6.17. The van der Waals surface area contributed by atoms with E-state index in [1.807, 2.05) is 6.07 Å². The summed E-state index contributed by atoms with van der Waals surface area (Å²) in [6, 6.07) is 19.0. The van der Waals surface area contributed by atoms with Gasteiger partial charge in [-0.25, -0.2) is 14.3 Å². The van der Waals surface area contributed by atoms with Gasteiger partial charge in [-0.05, 0) is 52.3 Å². The van der Waals surface area contributed by atoms with Crippen molar-refractivity contribution in [2.45, 2.75) is 0 Å². The van der Waals surface area contributed by atoms with Crippen LogP contribution < -0.4 is 19.5 Å². The molecule has 0 bridgehead atoms. The molecule has 0 aliphatic heterocycles. The van der Waals surface area contributed by atoms with Crippen molar-refractivity contribution in [3.63, 3.8) is 0 Å². The molecule has 4 aromatic rings. The number of amides is 1. The van der Waals surface area contributed by atoms with Crippen LogP contribution in [0.5, 0.6) is 17.2 Å². The topological polar surface area (TPSA) is 127 Å². The molecule has 41 heavy (non-hydrogen) atoms. The molecule has 0 radical (unpaired) electrons. The lowest BCUT2D eigenvalue weighted by Gasteiger charge is -2.15. The predicted molar refractivity (Wildman–Crippen MR) is 153 cm³/mol. The summed E-state index contributed by atoms with van der Waals surface area (Å²) in [5, 5.41) is 7.33. The number of rotatable bonds is 10. The average Bonchev–Trinajstić information content (AvgIpc) is 3.40. The Balaban J connectivity index is 1.73. The molecular formula is C29H26BrN3O8. The van der Waals surface area contributed by atoms with Crippen LogP contribution in [0.4, 0.5) is 5.69 Å². The van der Waals surface area contributed by atoms with Crippen LogP contribution in [0.1, 0.15) is 20.8 Å². The zero-order chi connectivity index (χ0) is 29.5. The number of nitrogens with zero attached hydrogens (tertiary/aromatic N) is 2. The number of anilines is 1. The number of ether oxygens (including phenoxy) is 5. The first kappa shape index (κ1) is 29.2. The fraction of sp³-hybridized carbons (Fsp3) is 0.172. The third-order valence-corrected chi connectivity index (χ3v) is 6.48. The van der Waals surface area contributed by atoms with E-state index >= 15 is 0 Å². The molecule has 0 spiro atoms. The molecule has 4 rings (SSSR count). The second kappa shape index (κ2) is 13.0. The third-order valence-electron chi connectivity index (χ3n) is 5.89. The van der Waals surface area contributed by atoms with E-state index in [0.717, 1.165) is 0 Å². The number of esters is 2. The molecule has 0 atom stereocenters. The van der Waals surface area contributed by atoms with Crippen molar-refractivity contribution in [1.29, 1.82) is 0 Å². The van der Waals surface area contributed by atoms with Crippen molar-refractivity contribution in [1.82, 2.24) is 9.78 Å². The monoisotopic (exact) mass is 623 g/mol. The number of carbonyl (C=O) groups is 3. The van der Waals surface area contributed by atoms with Gasteiger partial charge in [0.25, 0.3) is 5.91 Å². The molecule has 1 amide bonds. The predicted octanol–water partition coefficient (Wildman–Crippen LogP) is 4.91. The molecule has 1 heterocycles. The Labute approximate surface area is 244 Å². The van der Waals surface area contributed by atoms with Gasteiger partial charge in [0.15, 0.2) is 23.8 Å². The van der Waals surface area contributed by atoms with Crippen LogP contribution in [0.2, 0.25) is 0 Å². The molecule has 0 aliphatic rings. The van der Waals surface area contributed by atoms with Crippen LogP contribution in [0.3, 0.4) is 0 Å². The summed E-state index contributed by atoms with van der Waals surface area (Å²) in [6.07, 6.45) is 0. The van der Waals surface area contributed by atoms with E-state index in [2.05, 4.69) is 26.3 Å². The zero-order valence-corrected chi connectivity index (χ0v) is 24.2. The van der Waals surface area contributed by atoms with Crippen molar-refractivity contribution in [2.24, 2.45) is 0 Å². The first-order chi connectivity index (χ1) is 19.8.